The molecule has 0 radical (unpaired) electrons. The summed E-state index contributed by atoms with van der Waals surface area (Å²) in [5.41, 5.74) is 6.06. The Bertz CT molecular complexity index is 3250. The van der Waals surface area contributed by atoms with Crippen LogP contribution in [0.5, 0.6) is 5.75 Å². The number of thiophene rings is 1. The molecule has 12 rings (SSSR count). The van der Waals surface area contributed by atoms with Crippen LogP contribution in [-0.4, -0.2) is 130 Å². The molecule has 4 aromatic heterocycles. The van der Waals surface area contributed by atoms with E-state index < -0.39 is 42.7 Å². The van der Waals surface area contributed by atoms with E-state index >= 15 is 4.39 Å². The van der Waals surface area contributed by atoms with Gasteiger partial charge in [0.25, 0.3) is 0 Å². The lowest BCUT2D eigenvalue weighted by molar-refractivity contribution is -0.137. The van der Waals surface area contributed by atoms with Crippen LogP contribution in [0.3, 0.4) is 0 Å². The molecule has 0 spiro atoms. The average Bonchev–Trinajstić information content (AvgIpc) is 4.33. The molecular weight excluding hydrogens is 982 g/mol. The van der Waals surface area contributed by atoms with Gasteiger partial charge in [-0.05, 0) is 98.2 Å². The molecule has 75 heavy (non-hydrogen) atoms. The maximum atomic E-state index is 15.3. The highest BCUT2D eigenvalue weighted by Crippen LogP contribution is 2.48. The fourth-order valence-electron chi connectivity index (χ4n) is 11.8. The number of amides is 4. The van der Waals surface area contributed by atoms with Gasteiger partial charge in [0.1, 0.15) is 35.7 Å². The second-order valence-electron chi connectivity index (χ2n) is 20.1. The van der Waals surface area contributed by atoms with Crippen molar-refractivity contribution >= 4 is 56.3 Å². The predicted octanol–water partition coefficient (Wildman–Crippen LogP) is 8.82. The van der Waals surface area contributed by atoms with Crippen molar-refractivity contribution in [2.24, 2.45) is 11.8 Å². The molecule has 3 aromatic carbocycles. The van der Waals surface area contributed by atoms with E-state index in [0.29, 0.717) is 81.7 Å². The summed E-state index contributed by atoms with van der Waals surface area (Å²) in [5, 5.41) is 7.66. The van der Waals surface area contributed by atoms with Crippen LogP contribution >= 0.6 is 11.3 Å². The maximum absolute atomic E-state index is 15.3. The van der Waals surface area contributed by atoms with Crippen molar-refractivity contribution in [2.45, 2.75) is 81.5 Å². The van der Waals surface area contributed by atoms with Gasteiger partial charge in [-0.3, -0.25) is 14.2 Å². The molecule has 0 bridgehead atoms. The number of nitrogens with zero attached hydrogens (tertiary/aromatic N) is 5. The molecule has 5 aliphatic rings. The van der Waals surface area contributed by atoms with E-state index in [1.165, 1.54) is 19.1 Å². The van der Waals surface area contributed by atoms with Crippen LogP contribution in [-0.2, 0) is 28.5 Å². The molecule has 4 fully saturated rings. The summed E-state index contributed by atoms with van der Waals surface area (Å²) in [6.07, 6.45) is 4.48. The van der Waals surface area contributed by atoms with Crippen molar-refractivity contribution in [1.29, 1.82) is 0 Å². The first-order chi connectivity index (χ1) is 36.6. The Morgan fingerprint density at radius 3 is 2.03 bits per heavy atom. The van der Waals surface area contributed by atoms with Crippen LogP contribution in [0.4, 0.5) is 14.0 Å². The summed E-state index contributed by atoms with van der Waals surface area (Å²) in [6, 6.07) is 22.5. The second kappa shape index (κ2) is 20.4. The number of likely N-dealkylation sites (tertiary alicyclic amines) is 2. The molecular formula is C55H58FN9O9S. The Hall–Kier alpha value is -7.29. The number of alkyl carbamates (subject to hydrolysis) is 2. The number of nitrogens with one attached hydrogen (secondary N) is 4. The van der Waals surface area contributed by atoms with Gasteiger partial charge in [-0.25, -0.2) is 23.9 Å². The van der Waals surface area contributed by atoms with Gasteiger partial charge in [-0.2, -0.15) is 0 Å². The number of benzene rings is 3. The zero-order valence-electron chi connectivity index (χ0n) is 41.6. The molecule has 0 saturated carbocycles. The largest absolute Gasteiger partial charge is 0.464 e. The van der Waals surface area contributed by atoms with Gasteiger partial charge in [-0.1, -0.05) is 30.3 Å². The first-order valence-electron chi connectivity index (χ1n) is 25.8. The molecule has 9 heterocycles. The van der Waals surface area contributed by atoms with Gasteiger partial charge in [0, 0.05) is 66.2 Å². The van der Waals surface area contributed by atoms with Crippen molar-refractivity contribution in [3.8, 4) is 39.5 Å². The van der Waals surface area contributed by atoms with Crippen molar-refractivity contribution in [3.05, 3.63) is 102 Å². The van der Waals surface area contributed by atoms with E-state index in [-0.39, 0.29) is 42.7 Å². The molecule has 7 aromatic rings. The fourth-order valence-corrected chi connectivity index (χ4v) is 12.9. The third-order valence-corrected chi connectivity index (χ3v) is 16.8. The van der Waals surface area contributed by atoms with Gasteiger partial charge in [0.05, 0.1) is 72.7 Å². The second-order valence-corrected chi connectivity index (χ2v) is 21.2. The number of fused-ring (bicyclic) bond motifs is 6. The standard InChI is InChI=1S/C55H58FN9O9S/c1-70-54(68)61-47(30-13-18-72-19-14-30)51(66)63-17-5-7-41(63)49-57-28-39(59-49)33-9-11-37-42-23-35-22-32(10-12-40(35)65(42)53(74-44(37)24-33)46-25-34-6-3-4-8-45(34)75-46)38-27-58-50(60-38)43-26-36(56)29-64(43)52(67)48(62-55(69)71-2)31-15-20-73-21-16-31/h3-4,6,8-12,22-25,27-28,30-31,36,41,43,47-48,53H,5,7,13-21,26,29H2,1-2H3,(H,57,59)(H,58,60)(H,61,68)(H,62,69). The Morgan fingerprint density at radius 1 is 0.733 bits per heavy atom. The van der Waals surface area contributed by atoms with E-state index in [0.717, 1.165) is 66.8 Å². The van der Waals surface area contributed by atoms with E-state index in [1.807, 2.05) is 35.2 Å². The van der Waals surface area contributed by atoms with Crippen LogP contribution in [0, 0.1) is 11.8 Å². The molecule has 6 atom stereocenters. The first kappa shape index (κ1) is 48.6. The lowest BCUT2D eigenvalue weighted by atomic mass is 9.90. The van der Waals surface area contributed by atoms with E-state index in [4.69, 9.17) is 33.7 Å². The summed E-state index contributed by atoms with van der Waals surface area (Å²) < 4.78 is 46.7. The fraction of sp³-hybridized carbons (Fsp3) is 0.418. The molecule has 390 valence electrons. The van der Waals surface area contributed by atoms with Crippen LogP contribution < -0.4 is 15.4 Å². The maximum Gasteiger partial charge on any atom is 0.407 e. The number of alkyl halides is 1. The van der Waals surface area contributed by atoms with Gasteiger partial charge in [-0.15, -0.1) is 11.3 Å². The number of carbonyl (C=O) groups is 4. The summed E-state index contributed by atoms with van der Waals surface area (Å²) in [4.78, 5) is 74.4. The van der Waals surface area contributed by atoms with Crippen LogP contribution in [0.25, 0.3) is 54.8 Å². The van der Waals surface area contributed by atoms with Crippen LogP contribution in [0.1, 0.15) is 79.8 Å². The van der Waals surface area contributed by atoms with Crippen molar-refractivity contribution in [1.82, 2.24) is 44.9 Å². The Balaban J connectivity index is 0.843. The quantitative estimate of drug-likeness (QED) is 0.0963. The third-order valence-electron chi connectivity index (χ3n) is 15.7. The number of ether oxygens (including phenoxy) is 5. The molecule has 4 saturated heterocycles. The predicted molar refractivity (Wildman–Crippen MR) is 277 cm³/mol. The number of hydrogen-bond acceptors (Lipinski definition) is 12. The number of aromatic nitrogens is 5. The van der Waals surface area contributed by atoms with E-state index in [1.54, 1.807) is 23.7 Å². The van der Waals surface area contributed by atoms with E-state index in [9.17, 15) is 19.2 Å². The van der Waals surface area contributed by atoms with Crippen molar-refractivity contribution in [2.75, 3.05) is 53.7 Å². The molecule has 5 aliphatic heterocycles. The lowest BCUT2D eigenvalue weighted by Crippen LogP contribution is -2.53. The molecule has 6 unspecified atom stereocenters. The Labute approximate surface area is 435 Å². The highest BCUT2D eigenvalue weighted by molar-refractivity contribution is 7.19. The van der Waals surface area contributed by atoms with Crippen LogP contribution in [0.15, 0.2) is 85.2 Å². The summed E-state index contributed by atoms with van der Waals surface area (Å²) in [5.74, 6) is 1.07. The normalized spacial score (nSPS) is 21.9. The Kier molecular flexibility index (Phi) is 13.3. The number of rotatable bonds is 11. The summed E-state index contributed by atoms with van der Waals surface area (Å²) >= 11 is 1.69. The smallest absolute Gasteiger partial charge is 0.407 e. The third kappa shape index (κ3) is 9.26. The molecule has 18 nitrogen and oxygen atoms in total. The number of methoxy groups -OCH3 is 2. The number of hydrogen-bond donors (Lipinski definition) is 4. The van der Waals surface area contributed by atoms with Crippen molar-refractivity contribution < 1.29 is 47.3 Å². The van der Waals surface area contributed by atoms with Gasteiger partial charge >= 0.3 is 12.2 Å². The van der Waals surface area contributed by atoms with Gasteiger partial charge < -0.3 is 54.1 Å². The van der Waals surface area contributed by atoms with Gasteiger partial charge in [0.15, 0.2) is 0 Å². The lowest BCUT2D eigenvalue weighted by Gasteiger charge is -2.34. The molecule has 0 aliphatic carbocycles. The first-order valence-corrected chi connectivity index (χ1v) is 26.6. The molecule has 4 N–H and O–H groups in total. The SMILES string of the molecule is COC(=O)NC(C(=O)N1CCCC1c1ncc(-c2ccc3c(c2)OC(c2cc4ccccc4s2)n2c-3cc3cc(-c4cnc(C5CC(F)CN5C(=O)C(NC(=O)OC)C5CCOCC5)[nH]4)ccc32)[nH]1)C1CCOCC1. The highest BCUT2D eigenvalue weighted by Gasteiger charge is 2.44. The minimum absolute atomic E-state index is 0.0692. The number of H-pyrrole nitrogens is 2. The minimum atomic E-state index is -1.27. The Morgan fingerprint density at radius 2 is 1.36 bits per heavy atom. The highest BCUT2D eigenvalue weighted by atomic mass is 32.1. The minimum Gasteiger partial charge on any atom is -0.464 e. The number of halogens is 1. The zero-order valence-corrected chi connectivity index (χ0v) is 42.4. The average molecular weight is 1040 g/mol. The molecule has 4 amide bonds. The van der Waals surface area contributed by atoms with Gasteiger partial charge in [0.2, 0.25) is 18.0 Å². The zero-order chi connectivity index (χ0) is 51.3. The molecule has 20 heteroatoms. The van der Waals surface area contributed by atoms with Crippen molar-refractivity contribution in [3.63, 3.8) is 0 Å². The summed E-state index contributed by atoms with van der Waals surface area (Å²) in [7, 11) is 2.56. The number of carbonyl (C=O) groups excluding carboxylic acids is 4. The number of imidazole rings is 2. The van der Waals surface area contributed by atoms with E-state index in [2.05, 4.69) is 67.6 Å². The summed E-state index contributed by atoms with van der Waals surface area (Å²) in [6.45, 7) is 2.43. The monoisotopic (exact) mass is 1040 g/mol. The topological polar surface area (TPSA) is 207 Å². The van der Waals surface area contributed by atoms with Crippen LogP contribution in [0.2, 0.25) is 0 Å². The number of aromatic amines is 2.